The number of rotatable bonds is 1. The first kappa shape index (κ1) is 14.7. The van der Waals surface area contributed by atoms with Gasteiger partial charge in [-0.2, -0.15) is 18.2 Å². The number of nitrogens with one attached hydrogen (secondary N) is 1. The van der Waals surface area contributed by atoms with Crippen LogP contribution in [0.1, 0.15) is 5.56 Å². The first-order valence-electron chi connectivity index (χ1n) is 4.94. The van der Waals surface area contributed by atoms with Crippen LogP contribution in [0.3, 0.4) is 0 Å². The molecule has 5 N–H and O–H groups in total. The van der Waals surface area contributed by atoms with E-state index < -0.39 is 23.2 Å². The van der Waals surface area contributed by atoms with Gasteiger partial charge in [0.05, 0.1) is 11.3 Å². The number of aliphatic imine (C=N–C) groups is 2. The van der Waals surface area contributed by atoms with Gasteiger partial charge in [0.25, 0.3) is 0 Å². The quantitative estimate of drug-likeness (QED) is 0.413. The lowest BCUT2D eigenvalue weighted by Gasteiger charge is -2.11. The molecular formula is C10H11F4N5. The molecule has 1 aromatic carbocycles. The molecule has 1 rings (SSSR count). The van der Waals surface area contributed by atoms with Crippen molar-refractivity contribution in [3.05, 3.63) is 29.6 Å². The average Bonchev–Trinajstić information content (AvgIpc) is 2.30. The maximum absolute atomic E-state index is 13.3. The molecule has 0 heterocycles. The fourth-order valence-electron chi connectivity index (χ4n) is 1.14. The smallest absolute Gasteiger partial charge is 0.369 e. The van der Waals surface area contributed by atoms with Crippen molar-refractivity contribution in [2.24, 2.45) is 21.5 Å². The van der Waals surface area contributed by atoms with E-state index in [1.807, 2.05) is 0 Å². The van der Waals surface area contributed by atoms with Gasteiger partial charge in [-0.05, 0) is 18.2 Å². The maximum Gasteiger partial charge on any atom is 0.416 e. The number of guanidine groups is 2. The van der Waals surface area contributed by atoms with E-state index in [0.717, 1.165) is 0 Å². The summed E-state index contributed by atoms with van der Waals surface area (Å²) in [6.45, 7) is 0. The molecule has 5 nitrogen and oxygen atoms in total. The lowest BCUT2D eigenvalue weighted by molar-refractivity contribution is -0.137. The van der Waals surface area contributed by atoms with Crippen molar-refractivity contribution >= 4 is 17.6 Å². The Bertz CT molecular complexity index is 521. The summed E-state index contributed by atoms with van der Waals surface area (Å²) in [5.41, 5.74) is 9.10. The summed E-state index contributed by atoms with van der Waals surface area (Å²) >= 11 is 0. The lowest BCUT2D eigenvalue weighted by Crippen LogP contribution is -2.26. The van der Waals surface area contributed by atoms with Gasteiger partial charge in [-0.15, -0.1) is 0 Å². The van der Waals surface area contributed by atoms with Crippen molar-refractivity contribution in [1.29, 1.82) is 0 Å². The van der Waals surface area contributed by atoms with Crippen molar-refractivity contribution in [3.8, 4) is 0 Å². The second-order valence-corrected chi connectivity index (χ2v) is 3.40. The molecule has 0 unspecified atom stereocenters. The number of alkyl halides is 3. The molecule has 0 aliphatic rings. The molecule has 0 saturated carbocycles. The number of benzene rings is 1. The Labute approximate surface area is 106 Å². The van der Waals surface area contributed by atoms with E-state index in [-0.39, 0.29) is 11.9 Å². The van der Waals surface area contributed by atoms with Crippen LogP contribution in [0.25, 0.3) is 0 Å². The van der Waals surface area contributed by atoms with Crippen LogP contribution in [-0.2, 0) is 6.18 Å². The molecule has 1 aromatic rings. The van der Waals surface area contributed by atoms with Gasteiger partial charge in [0.2, 0.25) is 11.9 Å². The molecule has 0 saturated heterocycles. The largest absolute Gasteiger partial charge is 0.416 e. The summed E-state index contributed by atoms with van der Waals surface area (Å²) in [4.78, 5) is 6.95. The fraction of sp³-hybridized carbons (Fsp3) is 0.200. The summed E-state index contributed by atoms with van der Waals surface area (Å²) in [5.74, 6) is -1.48. The van der Waals surface area contributed by atoms with Crippen LogP contribution < -0.4 is 16.8 Å². The van der Waals surface area contributed by atoms with E-state index in [1.54, 1.807) is 0 Å². The summed E-state index contributed by atoms with van der Waals surface area (Å²) in [7, 11) is 1.34. The topological polar surface area (TPSA) is 88.8 Å². The lowest BCUT2D eigenvalue weighted by atomic mass is 10.2. The molecule has 0 aliphatic heterocycles. The Hall–Kier alpha value is -2.32. The number of anilines is 1. The third kappa shape index (κ3) is 4.12. The fourth-order valence-corrected chi connectivity index (χ4v) is 1.14. The number of nitrogens with zero attached hydrogens (tertiary/aromatic N) is 2. The van der Waals surface area contributed by atoms with Gasteiger partial charge >= 0.3 is 6.18 Å². The molecule has 9 heteroatoms. The van der Waals surface area contributed by atoms with Crippen LogP contribution in [0.2, 0.25) is 0 Å². The van der Waals surface area contributed by atoms with Crippen molar-refractivity contribution in [2.75, 3.05) is 12.4 Å². The summed E-state index contributed by atoms with van der Waals surface area (Å²) in [6.07, 6.45) is -4.58. The highest BCUT2D eigenvalue weighted by Crippen LogP contribution is 2.31. The van der Waals surface area contributed by atoms with Crippen molar-refractivity contribution in [1.82, 2.24) is 0 Å². The van der Waals surface area contributed by atoms with E-state index in [2.05, 4.69) is 15.3 Å². The monoisotopic (exact) mass is 277 g/mol. The Balaban J connectivity index is 3.05. The van der Waals surface area contributed by atoms with Gasteiger partial charge in [0.15, 0.2) is 0 Å². The van der Waals surface area contributed by atoms with E-state index in [0.29, 0.717) is 18.2 Å². The Kier molecular flexibility index (Phi) is 4.30. The third-order valence-corrected chi connectivity index (χ3v) is 2.02. The number of hydrogen-bond acceptors (Lipinski definition) is 1. The Morgan fingerprint density at radius 2 is 1.89 bits per heavy atom. The second kappa shape index (κ2) is 5.55. The molecule has 0 atom stereocenters. The number of halogens is 4. The maximum atomic E-state index is 13.3. The summed E-state index contributed by atoms with van der Waals surface area (Å²) in [6, 6.07) is 1.88. The molecule has 0 spiro atoms. The highest BCUT2D eigenvalue weighted by atomic mass is 19.4. The van der Waals surface area contributed by atoms with Gasteiger partial charge < -0.3 is 16.8 Å². The predicted molar refractivity (Wildman–Crippen MR) is 64.2 cm³/mol. The van der Waals surface area contributed by atoms with Crippen LogP contribution in [0.15, 0.2) is 28.2 Å². The molecule has 0 radical (unpaired) electrons. The highest BCUT2D eigenvalue weighted by Gasteiger charge is 2.31. The summed E-state index contributed by atoms with van der Waals surface area (Å²) in [5, 5.41) is 2.18. The minimum atomic E-state index is -4.58. The van der Waals surface area contributed by atoms with E-state index >= 15 is 0 Å². The van der Waals surface area contributed by atoms with Crippen LogP contribution in [0.5, 0.6) is 0 Å². The van der Waals surface area contributed by atoms with E-state index in [9.17, 15) is 17.6 Å². The molecule has 19 heavy (non-hydrogen) atoms. The van der Waals surface area contributed by atoms with Crippen molar-refractivity contribution in [3.63, 3.8) is 0 Å². The molecule has 0 fully saturated rings. The van der Waals surface area contributed by atoms with E-state index in [4.69, 9.17) is 11.5 Å². The van der Waals surface area contributed by atoms with Gasteiger partial charge in [0.1, 0.15) is 5.82 Å². The van der Waals surface area contributed by atoms with Crippen LogP contribution in [0, 0.1) is 5.82 Å². The predicted octanol–water partition coefficient (Wildman–Crippen LogP) is 1.52. The molecule has 0 amide bonds. The van der Waals surface area contributed by atoms with Gasteiger partial charge in [0, 0.05) is 7.05 Å². The second-order valence-electron chi connectivity index (χ2n) is 3.40. The first-order valence-corrected chi connectivity index (χ1v) is 4.94. The minimum absolute atomic E-state index is 0.197. The zero-order chi connectivity index (χ0) is 14.6. The molecule has 0 aliphatic carbocycles. The van der Waals surface area contributed by atoms with Crippen molar-refractivity contribution < 1.29 is 17.6 Å². The van der Waals surface area contributed by atoms with Crippen LogP contribution in [0.4, 0.5) is 23.2 Å². The van der Waals surface area contributed by atoms with Gasteiger partial charge in [-0.3, -0.25) is 4.99 Å². The summed E-state index contributed by atoms with van der Waals surface area (Å²) < 4.78 is 50.7. The van der Waals surface area contributed by atoms with Crippen LogP contribution >= 0.6 is 0 Å². The zero-order valence-corrected chi connectivity index (χ0v) is 9.79. The Morgan fingerprint density at radius 1 is 1.26 bits per heavy atom. The zero-order valence-electron chi connectivity index (χ0n) is 9.79. The van der Waals surface area contributed by atoms with Crippen LogP contribution in [-0.4, -0.2) is 19.0 Å². The first-order chi connectivity index (χ1) is 8.74. The molecular weight excluding hydrogens is 266 g/mol. The molecule has 0 aromatic heterocycles. The standard InChI is InChI=1S/C10H11F4N5/c1-17-8(15)19-9(16)18-7-4-5(10(12,13)14)2-3-6(7)11/h2-4H,1H3,(H5,15,16,17,18,19). The highest BCUT2D eigenvalue weighted by molar-refractivity contribution is 6.00. The molecule has 0 bridgehead atoms. The van der Waals surface area contributed by atoms with E-state index in [1.165, 1.54) is 7.05 Å². The average molecular weight is 277 g/mol. The third-order valence-electron chi connectivity index (χ3n) is 2.02. The normalized spacial score (nSPS) is 13.5. The molecule has 104 valence electrons. The van der Waals surface area contributed by atoms with Crippen molar-refractivity contribution in [2.45, 2.75) is 6.18 Å². The number of nitrogens with two attached hydrogens (primary N) is 2. The van der Waals surface area contributed by atoms with Gasteiger partial charge in [-0.25, -0.2) is 4.39 Å². The number of hydrogen-bond donors (Lipinski definition) is 3. The Morgan fingerprint density at radius 3 is 2.42 bits per heavy atom. The minimum Gasteiger partial charge on any atom is -0.369 e. The van der Waals surface area contributed by atoms with Gasteiger partial charge in [-0.1, -0.05) is 0 Å². The SMILES string of the molecule is CN=C(N)N=C(N)Nc1cc(C(F)(F)F)ccc1F.